The molecule has 1 atom stereocenters. The maximum absolute atomic E-state index is 5.61. The zero-order chi connectivity index (χ0) is 11.3. The van der Waals surface area contributed by atoms with Crippen LogP contribution in [0.3, 0.4) is 0 Å². The van der Waals surface area contributed by atoms with Crippen molar-refractivity contribution < 1.29 is 0 Å². The van der Waals surface area contributed by atoms with E-state index in [1.54, 1.807) is 7.05 Å². The fraction of sp³-hybridized carbons (Fsp3) is 0.909. The molecule has 1 saturated heterocycles. The van der Waals surface area contributed by atoms with Crippen LogP contribution in [0.15, 0.2) is 4.99 Å². The molecule has 4 heteroatoms. The van der Waals surface area contributed by atoms with Gasteiger partial charge in [-0.25, -0.2) is 0 Å². The van der Waals surface area contributed by atoms with Crippen molar-refractivity contribution in [1.29, 1.82) is 0 Å². The van der Waals surface area contributed by atoms with Gasteiger partial charge in [-0.05, 0) is 39.2 Å². The second-order valence-corrected chi connectivity index (χ2v) is 4.59. The molecule has 1 unspecified atom stereocenters. The van der Waals surface area contributed by atoms with E-state index in [0.29, 0.717) is 17.9 Å². The molecule has 15 heavy (non-hydrogen) atoms. The highest BCUT2D eigenvalue weighted by atomic mass is 15.2. The molecule has 0 spiro atoms. The van der Waals surface area contributed by atoms with Gasteiger partial charge in [0, 0.05) is 26.2 Å². The number of hydrogen-bond acceptors (Lipinski definition) is 2. The highest BCUT2D eigenvalue weighted by Crippen LogP contribution is 2.17. The Morgan fingerprint density at radius 1 is 1.60 bits per heavy atom. The Morgan fingerprint density at radius 2 is 2.33 bits per heavy atom. The Bertz CT molecular complexity index is 213. The van der Waals surface area contributed by atoms with E-state index in [9.17, 15) is 0 Å². The Balaban J connectivity index is 2.30. The van der Waals surface area contributed by atoms with E-state index in [1.165, 1.54) is 25.9 Å². The van der Waals surface area contributed by atoms with Crippen LogP contribution in [0.4, 0.5) is 0 Å². The van der Waals surface area contributed by atoms with Crippen molar-refractivity contribution in [3.63, 3.8) is 0 Å². The summed E-state index contributed by atoms with van der Waals surface area (Å²) in [4.78, 5) is 6.43. The number of guanidine groups is 1. The summed E-state index contributed by atoms with van der Waals surface area (Å²) in [5.41, 5.74) is 5.61. The molecule has 0 bridgehead atoms. The third-order valence-electron chi connectivity index (χ3n) is 3.09. The number of rotatable bonds is 3. The van der Waals surface area contributed by atoms with Crippen molar-refractivity contribution >= 4 is 5.96 Å². The topological polar surface area (TPSA) is 53.6 Å². The van der Waals surface area contributed by atoms with Gasteiger partial charge in [0.15, 0.2) is 5.96 Å². The lowest BCUT2D eigenvalue weighted by Gasteiger charge is -2.35. The van der Waals surface area contributed by atoms with Crippen LogP contribution < -0.4 is 11.1 Å². The van der Waals surface area contributed by atoms with E-state index >= 15 is 0 Å². The van der Waals surface area contributed by atoms with Gasteiger partial charge in [-0.3, -0.25) is 4.99 Å². The summed E-state index contributed by atoms with van der Waals surface area (Å²) in [7, 11) is 1.71. The molecule has 0 aromatic heterocycles. The number of nitrogens with zero attached hydrogens (tertiary/aromatic N) is 2. The first-order chi connectivity index (χ1) is 7.13. The minimum Gasteiger partial charge on any atom is -0.370 e. The van der Waals surface area contributed by atoms with Gasteiger partial charge in [0.25, 0.3) is 0 Å². The average molecular weight is 212 g/mol. The lowest BCUT2D eigenvalue weighted by molar-refractivity contribution is 0.141. The Morgan fingerprint density at radius 3 is 2.93 bits per heavy atom. The van der Waals surface area contributed by atoms with Crippen LogP contribution in [-0.4, -0.2) is 43.6 Å². The van der Waals surface area contributed by atoms with E-state index in [0.717, 1.165) is 6.54 Å². The SMILES string of the molecule is CN=C(N)NCC1CCCN(C(C)C)C1. The Labute approximate surface area is 92.9 Å². The first-order valence-corrected chi connectivity index (χ1v) is 5.83. The van der Waals surface area contributed by atoms with Crippen molar-refractivity contribution in [2.75, 3.05) is 26.7 Å². The van der Waals surface area contributed by atoms with Gasteiger partial charge in [-0.2, -0.15) is 0 Å². The molecule has 4 nitrogen and oxygen atoms in total. The summed E-state index contributed by atoms with van der Waals surface area (Å²) in [5.74, 6) is 1.26. The van der Waals surface area contributed by atoms with Gasteiger partial charge >= 0.3 is 0 Å². The molecule has 1 heterocycles. The van der Waals surface area contributed by atoms with Crippen LogP contribution in [0.1, 0.15) is 26.7 Å². The lowest BCUT2D eigenvalue weighted by atomic mass is 9.97. The summed E-state index contributed by atoms with van der Waals surface area (Å²) in [5, 5.41) is 3.16. The third kappa shape index (κ3) is 4.08. The number of likely N-dealkylation sites (tertiary alicyclic amines) is 1. The second kappa shape index (κ2) is 5.95. The van der Waals surface area contributed by atoms with Crippen molar-refractivity contribution in [2.24, 2.45) is 16.6 Å². The van der Waals surface area contributed by atoms with Gasteiger partial charge in [0.1, 0.15) is 0 Å². The quantitative estimate of drug-likeness (QED) is 0.533. The highest BCUT2D eigenvalue weighted by molar-refractivity contribution is 5.77. The summed E-state index contributed by atoms with van der Waals surface area (Å²) in [6.45, 7) is 7.90. The molecular weight excluding hydrogens is 188 g/mol. The molecule has 0 radical (unpaired) electrons. The van der Waals surface area contributed by atoms with Crippen molar-refractivity contribution in [2.45, 2.75) is 32.7 Å². The Hall–Kier alpha value is -0.770. The maximum Gasteiger partial charge on any atom is 0.188 e. The van der Waals surface area contributed by atoms with Crippen LogP contribution in [0, 0.1) is 5.92 Å². The van der Waals surface area contributed by atoms with Gasteiger partial charge in [-0.1, -0.05) is 0 Å². The number of hydrogen-bond donors (Lipinski definition) is 2. The second-order valence-electron chi connectivity index (χ2n) is 4.59. The number of aliphatic imine (C=N–C) groups is 1. The van der Waals surface area contributed by atoms with Gasteiger partial charge < -0.3 is 16.0 Å². The largest absolute Gasteiger partial charge is 0.370 e. The van der Waals surface area contributed by atoms with E-state index in [2.05, 4.69) is 29.1 Å². The molecule has 1 rings (SSSR count). The van der Waals surface area contributed by atoms with Gasteiger partial charge in [0.2, 0.25) is 0 Å². The van der Waals surface area contributed by atoms with Crippen LogP contribution in [-0.2, 0) is 0 Å². The first kappa shape index (κ1) is 12.3. The molecule has 0 aromatic carbocycles. The zero-order valence-electron chi connectivity index (χ0n) is 10.2. The fourth-order valence-electron chi connectivity index (χ4n) is 2.06. The van der Waals surface area contributed by atoms with Crippen molar-refractivity contribution in [3.05, 3.63) is 0 Å². The molecule has 0 saturated carbocycles. The van der Waals surface area contributed by atoms with E-state index in [4.69, 9.17) is 5.73 Å². The minimum atomic E-state index is 0.552. The normalized spacial score (nSPS) is 24.5. The maximum atomic E-state index is 5.61. The molecule has 0 aromatic rings. The van der Waals surface area contributed by atoms with E-state index < -0.39 is 0 Å². The first-order valence-electron chi connectivity index (χ1n) is 5.83. The van der Waals surface area contributed by atoms with Gasteiger partial charge in [0.05, 0.1) is 0 Å². The van der Waals surface area contributed by atoms with Crippen LogP contribution in [0.5, 0.6) is 0 Å². The fourth-order valence-corrected chi connectivity index (χ4v) is 2.06. The highest BCUT2D eigenvalue weighted by Gasteiger charge is 2.21. The number of piperidine rings is 1. The average Bonchev–Trinajstić information content (AvgIpc) is 2.26. The molecule has 1 aliphatic rings. The summed E-state index contributed by atoms with van der Waals surface area (Å²) >= 11 is 0. The predicted molar refractivity (Wildman–Crippen MR) is 65.0 cm³/mol. The zero-order valence-corrected chi connectivity index (χ0v) is 10.2. The summed E-state index contributed by atoms with van der Waals surface area (Å²) in [6.07, 6.45) is 2.60. The molecule has 1 aliphatic heterocycles. The molecule has 0 amide bonds. The van der Waals surface area contributed by atoms with Crippen molar-refractivity contribution in [3.8, 4) is 0 Å². The van der Waals surface area contributed by atoms with Crippen LogP contribution in [0.25, 0.3) is 0 Å². The predicted octanol–water partition coefficient (Wildman–Crippen LogP) is 0.641. The van der Waals surface area contributed by atoms with Crippen LogP contribution in [0.2, 0.25) is 0 Å². The smallest absolute Gasteiger partial charge is 0.188 e. The van der Waals surface area contributed by atoms with E-state index in [-0.39, 0.29) is 0 Å². The standard InChI is InChI=1S/C11H24N4/c1-9(2)15-6-4-5-10(8-15)7-14-11(12)13-3/h9-10H,4-8H2,1-3H3,(H3,12,13,14). The van der Waals surface area contributed by atoms with Crippen LogP contribution >= 0.6 is 0 Å². The molecule has 1 fully saturated rings. The molecule has 0 aliphatic carbocycles. The number of nitrogens with one attached hydrogen (secondary N) is 1. The lowest BCUT2D eigenvalue weighted by Crippen LogP contribution is -2.44. The van der Waals surface area contributed by atoms with E-state index in [1.807, 2.05) is 0 Å². The summed E-state index contributed by atoms with van der Waals surface area (Å²) in [6, 6.07) is 0.657. The van der Waals surface area contributed by atoms with Gasteiger partial charge in [-0.15, -0.1) is 0 Å². The number of nitrogens with two attached hydrogens (primary N) is 1. The minimum absolute atomic E-state index is 0.552. The molecule has 88 valence electrons. The third-order valence-corrected chi connectivity index (χ3v) is 3.09. The molecular formula is C11H24N4. The monoisotopic (exact) mass is 212 g/mol. The Kier molecular flexibility index (Phi) is 4.88. The van der Waals surface area contributed by atoms with Crippen molar-refractivity contribution in [1.82, 2.24) is 10.2 Å². The molecule has 3 N–H and O–H groups in total. The summed E-state index contributed by atoms with van der Waals surface area (Å²) < 4.78 is 0.